The van der Waals surface area contributed by atoms with Crippen LogP contribution in [0.2, 0.25) is 0 Å². The third kappa shape index (κ3) is 3.84. The quantitative estimate of drug-likeness (QED) is 0.777. The van der Waals surface area contributed by atoms with Crippen molar-refractivity contribution in [2.24, 2.45) is 0 Å². The number of rotatable bonds is 7. The van der Waals surface area contributed by atoms with E-state index in [0.29, 0.717) is 5.92 Å². The lowest BCUT2D eigenvalue weighted by Gasteiger charge is -2.20. The second-order valence-electron chi connectivity index (χ2n) is 5.51. The SMILES string of the molecule is C=CCCC(O)CN1CCC(c2ccccc2OC)C1. The second kappa shape index (κ2) is 7.46. The molecule has 110 valence electrons. The summed E-state index contributed by atoms with van der Waals surface area (Å²) in [5.41, 5.74) is 1.29. The van der Waals surface area contributed by atoms with Crippen molar-refractivity contribution >= 4 is 0 Å². The van der Waals surface area contributed by atoms with Gasteiger partial charge in [-0.05, 0) is 37.4 Å². The van der Waals surface area contributed by atoms with Crippen molar-refractivity contribution in [1.29, 1.82) is 0 Å². The average molecular weight is 275 g/mol. The number of benzene rings is 1. The summed E-state index contributed by atoms with van der Waals surface area (Å²) in [4.78, 5) is 2.35. The highest BCUT2D eigenvalue weighted by Crippen LogP contribution is 2.33. The van der Waals surface area contributed by atoms with E-state index in [0.717, 1.165) is 44.6 Å². The van der Waals surface area contributed by atoms with Gasteiger partial charge < -0.3 is 14.7 Å². The molecule has 0 aromatic heterocycles. The van der Waals surface area contributed by atoms with Crippen LogP contribution in [0.25, 0.3) is 0 Å². The van der Waals surface area contributed by atoms with Crippen LogP contribution in [-0.2, 0) is 0 Å². The molecular weight excluding hydrogens is 250 g/mol. The number of ether oxygens (including phenoxy) is 1. The highest BCUT2D eigenvalue weighted by atomic mass is 16.5. The normalized spacial score (nSPS) is 20.8. The van der Waals surface area contributed by atoms with E-state index in [9.17, 15) is 5.11 Å². The van der Waals surface area contributed by atoms with Crippen LogP contribution in [-0.4, -0.2) is 42.9 Å². The zero-order valence-corrected chi connectivity index (χ0v) is 12.3. The van der Waals surface area contributed by atoms with E-state index in [2.05, 4.69) is 23.6 Å². The van der Waals surface area contributed by atoms with E-state index in [1.54, 1.807) is 7.11 Å². The van der Waals surface area contributed by atoms with Crippen LogP contribution in [0, 0.1) is 0 Å². The number of para-hydroxylation sites is 1. The fraction of sp³-hybridized carbons (Fsp3) is 0.529. The van der Waals surface area contributed by atoms with Crippen LogP contribution < -0.4 is 4.74 Å². The van der Waals surface area contributed by atoms with Crippen molar-refractivity contribution in [3.8, 4) is 5.75 Å². The summed E-state index contributed by atoms with van der Waals surface area (Å²) in [7, 11) is 1.73. The van der Waals surface area contributed by atoms with Crippen LogP contribution in [0.1, 0.15) is 30.7 Å². The summed E-state index contributed by atoms with van der Waals surface area (Å²) >= 11 is 0. The first-order valence-corrected chi connectivity index (χ1v) is 7.38. The molecule has 1 aliphatic rings. The highest BCUT2D eigenvalue weighted by Gasteiger charge is 2.26. The van der Waals surface area contributed by atoms with Crippen LogP contribution in [0.5, 0.6) is 5.75 Å². The van der Waals surface area contributed by atoms with Gasteiger partial charge in [0.05, 0.1) is 13.2 Å². The van der Waals surface area contributed by atoms with Gasteiger partial charge in [-0.3, -0.25) is 0 Å². The minimum atomic E-state index is -0.246. The topological polar surface area (TPSA) is 32.7 Å². The lowest BCUT2D eigenvalue weighted by molar-refractivity contribution is 0.117. The van der Waals surface area contributed by atoms with Crippen LogP contribution >= 0.6 is 0 Å². The van der Waals surface area contributed by atoms with Crippen LogP contribution in [0.3, 0.4) is 0 Å². The summed E-state index contributed by atoms with van der Waals surface area (Å²) in [6.45, 7) is 6.51. The van der Waals surface area contributed by atoms with Gasteiger partial charge in [0.15, 0.2) is 0 Å². The van der Waals surface area contributed by atoms with E-state index in [-0.39, 0.29) is 6.10 Å². The van der Waals surface area contributed by atoms with E-state index in [1.165, 1.54) is 5.56 Å². The number of hydrogen-bond donors (Lipinski definition) is 1. The van der Waals surface area contributed by atoms with Crippen molar-refractivity contribution in [2.75, 3.05) is 26.7 Å². The first kappa shape index (κ1) is 15.1. The predicted octanol–water partition coefficient (Wildman–Crippen LogP) is 2.81. The zero-order chi connectivity index (χ0) is 14.4. The first-order chi connectivity index (χ1) is 9.74. The molecule has 1 saturated heterocycles. The summed E-state index contributed by atoms with van der Waals surface area (Å²) in [5, 5.41) is 9.98. The number of aliphatic hydroxyl groups is 1. The van der Waals surface area contributed by atoms with Gasteiger partial charge in [0, 0.05) is 19.0 Å². The zero-order valence-electron chi connectivity index (χ0n) is 12.3. The monoisotopic (exact) mass is 275 g/mol. The number of β-amino-alcohol motifs (C(OH)–C–C–N with tert-alkyl or cyclic N) is 1. The van der Waals surface area contributed by atoms with E-state index < -0.39 is 0 Å². The molecule has 20 heavy (non-hydrogen) atoms. The van der Waals surface area contributed by atoms with E-state index >= 15 is 0 Å². The molecule has 0 aliphatic carbocycles. The number of likely N-dealkylation sites (tertiary alicyclic amines) is 1. The molecule has 1 heterocycles. The largest absolute Gasteiger partial charge is 0.496 e. The summed E-state index contributed by atoms with van der Waals surface area (Å²) < 4.78 is 5.45. The first-order valence-electron chi connectivity index (χ1n) is 7.38. The lowest BCUT2D eigenvalue weighted by Crippen LogP contribution is -2.30. The van der Waals surface area contributed by atoms with Crippen LogP contribution in [0.15, 0.2) is 36.9 Å². The Morgan fingerprint density at radius 2 is 2.30 bits per heavy atom. The Hall–Kier alpha value is -1.32. The fourth-order valence-electron chi connectivity index (χ4n) is 2.96. The third-order valence-corrected chi connectivity index (χ3v) is 4.02. The number of aliphatic hydroxyl groups excluding tert-OH is 1. The molecule has 1 fully saturated rings. The lowest BCUT2D eigenvalue weighted by atomic mass is 9.97. The van der Waals surface area contributed by atoms with Gasteiger partial charge in [0.1, 0.15) is 5.75 Å². The molecule has 3 nitrogen and oxygen atoms in total. The number of nitrogens with zero attached hydrogens (tertiary/aromatic N) is 1. The maximum atomic E-state index is 9.98. The molecule has 0 saturated carbocycles. The highest BCUT2D eigenvalue weighted by molar-refractivity contribution is 5.37. The molecule has 0 spiro atoms. The van der Waals surface area contributed by atoms with E-state index in [4.69, 9.17) is 4.74 Å². The van der Waals surface area contributed by atoms with Crippen molar-refractivity contribution in [3.05, 3.63) is 42.5 Å². The average Bonchev–Trinajstić information content (AvgIpc) is 2.93. The number of hydrogen-bond acceptors (Lipinski definition) is 3. The Morgan fingerprint density at radius 3 is 3.05 bits per heavy atom. The molecule has 1 N–H and O–H groups in total. The fourth-order valence-corrected chi connectivity index (χ4v) is 2.96. The van der Waals surface area contributed by atoms with Gasteiger partial charge in [-0.1, -0.05) is 24.3 Å². The molecule has 0 radical (unpaired) electrons. The molecule has 2 atom stereocenters. The standard InChI is InChI=1S/C17H25NO2/c1-3-4-7-15(19)13-18-11-10-14(12-18)16-8-5-6-9-17(16)20-2/h3,5-6,8-9,14-15,19H,1,4,7,10-13H2,2H3. The molecule has 3 heteroatoms. The van der Waals surface area contributed by atoms with Gasteiger partial charge in [0.2, 0.25) is 0 Å². The van der Waals surface area contributed by atoms with Gasteiger partial charge in [-0.25, -0.2) is 0 Å². The second-order valence-corrected chi connectivity index (χ2v) is 5.51. The van der Waals surface area contributed by atoms with Gasteiger partial charge in [-0.15, -0.1) is 6.58 Å². The Bertz CT molecular complexity index is 433. The maximum absolute atomic E-state index is 9.98. The smallest absolute Gasteiger partial charge is 0.122 e. The Labute approximate surface area is 121 Å². The minimum absolute atomic E-state index is 0.246. The molecule has 1 aromatic rings. The summed E-state index contributed by atoms with van der Waals surface area (Å²) in [5.74, 6) is 1.49. The number of methoxy groups -OCH3 is 1. The summed E-state index contributed by atoms with van der Waals surface area (Å²) in [6.07, 6.45) is 4.44. The van der Waals surface area contributed by atoms with Crippen molar-refractivity contribution in [2.45, 2.75) is 31.3 Å². The van der Waals surface area contributed by atoms with Gasteiger partial charge in [0.25, 0.3) is 0 Å². The Balaban J connectivity index is 1.90. The summed E-state index contributed by atoms with van der Waals surface area (Å²) in [6, 6.07) is 8.26. The number of allylic oxidation sites excluding steroid dienone is 1. The Morgan fingerprint density at radius 1 is 1.50 bits per heavy atom. The molecule has 1 aliphatic heterocycles. The van der Waals surface area contributed by atoms with E-state index in [1.807, 2.05) is 18.2 Å². The van der Waals surface area contributed by atoms with Crippen molar-refractivity contribution < 1.29 is 9.84 Å². The Kier molecular flexibility index (Phi) is 5.62. The molecule has 0 amide bonds. The molecular formula is C17H25NO2. The molecule has 0 bridgehead atoms. The minimum Gasteiger partial charge on any atom is -0.496 e. The molecule has 2 unspecified atom stereocenters. The third-order valence-electron chi connectivity index (χ3n) is 4.02. The van der Waals surface area contributed by atoms with Crippen LogP contribution in [0.4, 0.5) is 0 Å². The van der Waals surface area contributed by atoms with Gasteiger partial charge >= 0.3 is 0 Å². The maximum Gasteiger partial charge on any atom is 0.122 e. The molecule has 1 aromatic carbocycles. The molecule has 2 rings (SSSR count). The van der Waals surface area contributed by atoms with Crippen molar-refractivity contribution in [3.63, 3.8) is 0 Å². The predicted molar refractivity (Wildman–Crippen MR) is 82.2 cm³/mol. The van der Waals surface area contributed by atoms with Crippen molar-refractivity contribution in [1.82, 2.24) is 4.90 Å². The van der Waals surface area contributed by atoms with Gasteiger partial charge in [-0.2, -0.15) is 0 Å².